The lowest BCUT2D eigenvalue weighted by Gasteiger charge is -2.34. The molecule has 0 radical (unpaired) electrons. The third-order valence-corrected chi connectivity index (χ3v) is 3.79. The minimum absolute atomic E-state index is 0.0268. The lowest BCUT2D eigenvalue weighted by Crippen LogP contribution is -2.44. The van der Waals surface area contributed by atoms with Crippen LogP contribution in [0.1, 0.15) is 37.6 Å². The molecule has 1 aromatic carbocycles. The molecule has 19 heavy (non-hydrogen) atoms. The van der Waals surface area contributed by atoms with Crippen molar-refractivity contribution in [2.75, 3.05) is 7.05 Å². The van der Waals surface area contributed by atoms with E-state index in [4.69, 9.17) is 11.6 Å². The van der Waals surface area contributed by atoms with Crippen molar-refractivity contribution in [2.45, 2.75) is 32.7 Å². The molecule has 0 N–H and O–H groups in total. The molecule has 0 aliphatic carbocycles. The zero-order valence-corrected chi connectivity index (χ0v) is 12.2. The maximum absolute atomic E-state index is 12.3. The highest BCUT2D eigenvalue weighted by molar-refractivity contribution is 6.32. The Morgan fingerprint density at radius 1 is 1.47 bits per heavy atom. The van der Waals surface area contributed by atoms with Crippen LogP contribution in [0.4, 0.5) is 5.69 Å². The summed E-state index contributed by atoms with van der Waals surface area (Å²) >= 11 is 5.73. The molecule has 0 atom stereocenters. The molecule has 0 heterocycles. The average molecular weight is 285 g/mol. The van der Waals surface area contributed by atoms with E-state index in [9.17, 15) is 14.9 Å². The Balaban J connectivity index is 3.14. The van der Waals surface area contributed by atoms with Crippen molar-refractivity contribution in [3.63, 3.8) is 0 Å². The minimum Gasteiger partial charge on any atom is -0.337 e. The van der Waals surface area contributed by atoms with E-state index in [0.29, 0.717) is 0 Å². The fraction of sp³-hybridized carbons (Fsp3) is 0.462. The summed E-state index contributed by atoms with van der Waals surface area (Å²) in [6.45, 7) is 5.86. The molecule has 0 saturated heterocycles. The Bertz CT molecular complexity index is 515. The third-order valence-electron chi connectivity index (χ3n) is 3.47. The molecule has 0 aliphatic heterocycles. The van der Waals surface area contributed by atoms with E-state index in [1.807, 2.05) is 20.8 Å². The van der Waals surface area contributed by atoms with Gasteiger partial charge in [0, 0.05) is 24.2 Å². The fourth-order valence-corrected chi connectivity index (χ4v) is 1.68. The summed E-state index contributed by atoms with van der Waals surface area (Å²) in [4.78, 5) is 24.1. The number of carbonyl (C=O) groups excluding carboxylic acids is 1. The number of nitro groups is 1. The number of halogens is 1. The van der Waals surface area contributed by atoms with E-state index in [-0.39, 0.29) is 27.7 Å². The van der Waals surface area contributed by atoms with Crippen LogP contribution in [-0.2, 0) is 0 Å². The van der Waals surface area contributed by atoms with Gasteiger partial charge in [0.2, 0.25) is 0 Å². The highest BCUT2D eigenvalue weighted by Crippen LogP contribution is 2.27. The van der Waals surface area contributed by atoms with Crippen LogP contribution in [-0.4, -0.2) is 28.3 Å². The maximum atomic E-state index is 12.3. The third kappa shape index (κ3) is 3.23. The van der Waals surface area contributed by atoms with Gasteiger partial charge in [-0.3, -0.25) is 14.9 Å². The Morgan fingerprint density at radius 3 is 2.53 bits per heavy atom. The lowest BCUT2D eigenvalue weighted by atomic mass is 9.99. The van der Waals surface area contributed by atoms with Gasteiger partial charge in [0.15, 0.2) is 0 Å². The summed E-state index contributed by atoms with van der Waals surface area (Å²) in [5.74, 6) is -0.258. The summed E-state index contributed by atoms with van der Waals surface area (Å²) in [6, 6.07) is 4.09. The Kier molecular flexibility index (Phi) is 4.52. The number of nitrogens with zero attached hydrogens (tertiary/aromatic N) is 2. The van der Waals surface area contributed by atoms with Gasteiger partial charge in [-0.15, -0.1) is 0 Å². The second-order valence-electron chi connectivity index (χ2n) is 4.95. The SMILES string of the molecule is CCC(C)(C)N(C)C(=O)c1ccc(Cl)c([N+](=O)[O-])c1. The topological polar surface area (TPSA) is 63.5 Å². The molecule has 0 unspecified atom stereocenters. The molecule has 0 bridgehead atoms. The first-order valence-corrected chi connectivity index (χ1v) is 6.30. The first-order chi connectivity index (χ1) is 8.70. The molecular weight excluding hydrogens is 268 g/mol. The van der Waals surface area contributed by atoms with Crippen molar-refractivity contribution in [1.82, 2.24) is 4.90 Å². The summed E-state index contributed by atoms with van der Waals surface area (Å²) in [5.41, 5.74) is -0.304. The molecule has 5 nitrogen and oxygen atoms in total. The van der Waals surface area contributed by atoms with Crippen LogP contribution in [0.5, 0.6) is 0 Å². The van der Waals surface area contributed by atoms with Gasteiger partial charge < -0.3 is 4.90 Å². The van der Waals surface area contributed by atoms with Crippen LogP contribution in [0.2, 0.25) is 5.02 Å². The number of amides is 1. The van der Waals surface area contributed by atoms with Crippen LogP contribution in [0.3, 0.4) is 0 Å². The van der Waals surface area contributed by atoms with Gasteiger partial charge in [0.25, 0.3) is 11.6 Å². The van der Waals surface area contributed by atoms with Crippen LogP contribution < -0.4 is 0 Å². The van der Waals surface area contributed by atoms with E-state index in [1.54, 1.807) is 11.9 Å². The molecular formula is C13H17ClN2O3. The largest absolute Gasteiger partial charge is 0.337 e. The smallest absolute Gasteiger partial charge is 0.288 e. The molecule has 0 aromatic heterocycles. The predicted octanol–water partition coefficient (Wildman–Crippen LogP) is 3.51. The van der Waals surface area contributed by atoms with Crippen molar-refractivity contribution in [1.29, 1.82) is 0 Å². The number of hydrogen-bond acceptors (Lipinski definition) is 3. The molecule has 1 rings (SSSR count). The number of benzene rings is 1. The highest BCUT2D eigenvalue weighted by atomic mass is 35.5. The maximum Gasteiger partial charge on any atom is 0.288 e. The molecule has 0 fully saturated rings. The summed E-state index contributed by atoms with van der Waals surface area (Å²) in [6.07, 6.45) is 0.783. The normalized spacial score (nSPS) is 11.2. The van der Waals surface area contributed by atoms with Crippen molar-refractivity contribution in [3.05, 3.63) is 38.9 Å². The standard InChI is InChI=1S/C13H17ClN2O3/c1-5-13(2,3)15(4)12(17)9-6-7-10(14)11(8-9)16(18)19/h6-8H,5H2,1-4H3. The first kappa shape index (κ1) is 15.4. The molecule has 0 spiro atoms. The van der Waals surface area contributed by atoms with E-state index in [0.717, 1.165) is 6.42 Å². The molecule has 104 valence electrons. The van der Waals surface area contributed by atoms with Crippen LogP contribution in [0.25, 0.3) is 0 Å². The van der Waals surface area contributed by atoms with E-state index in [1.165, 1.54) is 18.2 Å². The lowest BCUT2D eigenvalue weighted by molar-refractivity contribution is -0.384. The minimum atomic E-state index is -0.593. The summed E-state index contributed by atoms with van der Waals surface area (Å²) in [5, 5.41) is 10.8. The molecule has 6 heteroatoms. The molecule has 0 aliphatic rings. The van der Waals surface area contributed by atoms with Gasteiger partial charge in [-0.1, -0.05) is 18.5 Å². The molecule has 1 aromatic rings. The predicted molar refractivity (Wildman–Crippen MR) is 74.6 cm³/mol. The van der Waals surface area contributed by atoms with Gasteiger partial charge in [0.1, 0.15) is 5.02 Å². The second kappa shape index (κ2) is 5.57. The fourth-order valence-electron chi connectivity index (χ4n) is 1.49. The van der Waals surface area contributed by atoms with Crippen molar-refractivity contribution in [3.8, 4) is 0 Å². The van der Waals surface area contributed by atoms with Crippen molar-refractivity contribution < 1.29 is 9.72 Å². The van der Waals surface area contributed by atoms with Gasteiger partial charge in [-0.2, -0.15) is 0 Å². The van der Waals surface area contributed by atoms with E-state index in [2.05, 4.69) is 0 Å². The second-order valence-corrected chi connectivity index (χ2v) is 5.36. The Hall–Kier alpha value is -1.62. The van der Waals surface area contributed by atoms with Gasteiger partial charge in [-0.05, 0) is 32.4 Å². The van der Waals surface area contributed by atoms with Crippen LogP contribution in [0.15, 0.2) is 18.2 Å². The van der Waals surface area contributed by atoms with Crippen molar-refractivity contribution in [2.24, 2.45) is 0 Å². The van der Waals surface area contributed by atoms with Crippen LogP contribution >= 0.6 is 11.6 Å². The van der Waals surface area contributed by atoms with E-state index >= 15 is 0 Å². The van der Waals surface area contributed by atoms with Gasteiger partial charge in [-0.25, -0.2) is 0 Å². The monoisotopic (exact) mass is 284 g/mol. The summed E-state index contributed by atoms with van der Waals surface area (Å²) < 4.78 is 0. The number of hydrogen-bond donors (Lipinski definition) is 0. The molecule has 0 saturated carbocycles. The number of nitro benzene ring substituents is 1. The first-order valence-electron chi connectivity index (χ1n) is 5.92. The van der Waals surface area contributed by atoms with Crippen LogP contribution in [0, 0.1) is 10.1 Å². The molecule has 1 amide bonds. The zero-order valence-electron chi connectivity index (χ0n) is 11.4. The highest BCUT2D eigenvalue weighted by Gasteiger charge is 2.27. The van der Waals surface area contributed by atoms with E-state index < -0.39 is 4.92 Å². The van der Waals surface area contributed by atoms with Gasteiger partial charge in [0.05, 0.1) is 4.92 Å². The average Bonchev–Trinajstić information content (AvgIpc) is 2.37. The number of rotatable bonds is 4. The Morgan fingerprint density at radius 2 is 2.05 bits per heavy atom. The number of carbonyl (C=O) groups is 1. The Labute approximate surface area is 117 Å². The quantitative estimate of drug-likeness (QED) is 0.628. The van der Waals surface area contributed by atoms with Crippen molar-refractivity contribution >= 4 is 23.2 Å². The zero-order chi connectivity index (χ0) is 14.8. The summed E-state index contributed by atoms with van der Waals surface area (Å²) in [7, 11) is 1.69. The van der Waals surface area contributed by atoms with Gasteiger partial charge >= 0.3 is 0 Å².